The lowest BCUT2D eigenvalue weighted by Crippen LogP contribution is -2.50. The van der Waals surface area contributed by atoms with E-state index in [-0.39, 0.29) is 11.6 Å². The molecule has 6 nitrogen and oxygen atoms in total. The molecule has 2 heterocycles. The molecule has 1 unspecified atom stereocenters. The van der Waals surface area contributed by atoms with Crippen molar-refractivity contribution in [1.82, 2.24) is 15.6 Å². The minimum atomic E-state index is -0.497. The van der Waals surface area contributed by atoms with Crippen molar-refractivity contribution in [2.45, 2.75) is 18.9 Å². The van der Waals surface area contributed by atoms with Crippen molar-refractivity contribution in [3.05, 3.63) is 29.6 Å². The molecule has 0 radical (unpaired) electrons. The number of nitrogens with one attached hydrogen (secondary N) is 2. The quantitative estimate of drug-likeness (QED) is 0.763. The molecule has 0 spiro atoms. The van der Waals surface area contributed by atoms with Gasteiger partial charge in [-0.1, -0.05) is 0 Å². The fraction of sp³-hybridized carbons (Fsp3) is 0.333. The summed E-state index contributed by atoms with van der Waals surface area (Å²) < 4.78 is 0. The lowest BCUT2D eigenvalue weighted by Gasteiger charge is -2.22. The summed E-state index contributed by atoms with van der Waals surface area (Å²) in [5, 5.41) is 13.9. The Hall–Kier alpha value is -2.42. The number of carbonyl (C=O) groups excluding carboxylic acids is 2. The molecule has 1 aromatic heterocycles. The Morgan fingerprint density at radius 3 is 3.00 bits per heavy atom. The summed E-state index contributed by atoms with van der Waals surface area (Å²) in [5.41, 5.74) is 0.592. The summed E-state index contributed by atoms with van der Waals surface area (Å²) >= 11 is 0. The molecule has 1 saturated heterocycles. The summed E-state index contributed by atoms with van der Waals surface area (Å²) in [6, 6.07) is 4.41. The van der Waals surface area contributed by atoms with E-state index in [0.717, 1.165) is 6.42 Å². The van der Waals surface area contributed by atoms with Crippen LogP contribution in [0.5, 0.6) is 0 Å². The van der Waals surface area contributed by atoms with Crippen LogP contribution < -0.4 is 10.6 Å². The summed E-state index contributed by atoms with van der Waals surface area (Å²) in [6.45, 7) is 0.653. The van der Waals surface area contributed by atoms with Gasteiger partial charge in [-0.05, 0) is 25.0 Å². The first-order valence-corrected chi connectivity index (χ1v) is 5.65. The zero-order valence-corrected chi connectivity index (χ0v) is 9.64. The topological polar surface area (TPSA) is 94.9 Å². The van der Waals surface area contributed by atoms with Gasteiger partial charge in [-0.25, -0.2) is 4.98 Å². The number of nitrogens with zero attached hydrogens (tertiary/aromatic N) is 2. The van der Waals surface area contributed by atoms with E-state index >= 15 is 0 Å². The maximum absolute atomic E-state index is 11.8. The molecule has 2 amide bonds. The molecule has 0 bridgehead atoms. The normalized spacial score (nSPS) is 18.6. The highest BCUT2D eigenvalue weighted by atomic mass is 16.2. The van der Waals surface area contributed by atoms with Crippen LogP contribution in [0.2, 0.25) is 0 Å². The van der Waals surface area contributed by atoms with Crippen LogP contribution in [0.4, 0.5) is 0 Å². The molecule has 1 atom stereocenters. The highest BCUT2D eigenvalue weighted by Gasteiger charge is 2.24. The summed E-state index contributed by atoms with van der Waals surface area (Å²) in [7, 11) is 0. The standard InChI is InChI=1S/C12H12N4O2/c13-6-8-3-4-9(15-7-8)12(18)16-10-2-1-5-14-11(10)17/h3-4,7,10H,1-2,5H2,(H,14,17)(H,16,18). The van der Waals surface area contributed by atoms with Crippen LogP contribution >= 0.6 is 0 Å². The molecule has 1 aromatic rings. The number of pyridine rings is 1. The maximum Gasteiger partial charge on any atom is 0.270 e. The Morgan fingerprint density at radius 2 is 2.39 bits per heavy atom. The Morgan fingerprint density at radius 1 is 1.56 bits per heavy atom. The number of rotatable bonds is 2. The molecular formula is C12H12N4O2. The lowest BCUT2D eigenvalue weighted by molar-refractivity contribution is -0.124. The largest absolute Gasteiger partial charge is 0.354 e. The van der Waals surface area contributed by atoms with Gasteiger partial charge in [-0.2, -0.15) is 5.26 Å². The Balaban J connectivity index is 2.02. The monoisotopic (exact) mass is 244 g/mol. The number of aromatic nitrogens is 1. The van der Waals surface area contributed by atoms with Crippen molar-refractivity contribution < 1.29 is 9.59 Å². The molecule has 1 aliphatic heterocycles. The first-order chi connectivity index (χ1) is 8.70. The van der Waals surface area contributed by atoms with E-state index in [1.54, 1.807) is 0 Å². The van der Waals surface area contributed by atoms with Gasteiger partial charge in [-0.3, -0.25) is 9.59 Å². The summed E-state index contributed by atoms with van der Waals surface area (Å²) in [6.07, 6.45) is 2.81. The van der Waals surface area contributed by atoms with Crippen LogP contribution in [0, 0.1) is 11.3 Å². The molecule has 2 N–H and O–H groups in total. The molecule has 18 heavy (non-hydrogen) atoms. The van der Waals surface area contributed by atoms with E-state index in [0.29, 0.717) is 18.5 Å². The highest BCUT2D eigenvalue weighted by molar-refractivity contribution is 5.96. The fourth-order valence-corrected chi connectivity index (χ4v) is 1.74. The van der Waals surface area contributed by atoms with Gasteiger partial charge in [-0.15, -0.1) is 0 Å². The van der Waals surface area contributed by atoms with Gasteiger partial charge >= 0.3 is 0 Å². The van der Waals surface area contributed by atoms with Crippen LogP contribution in [-0.4, -0.2) is 29.4 Å². The minimum Gasteiger partial charge on any atom is -0.354 e. The second kappa shape index (κ2) is 5.27. The average Bonchev–Trinajstić information content (AvgIpc) is 2.41. The van der Waals surface area contributed by atoms with E-state index in [1.165, 1.54) is 18.3 Å². The predicted octanol–water partition coefficient (Wildman–Crippen LogP) is -0.0383. The Kier molecular flexibility index (Phi) is 3.53. The van der Waals surface area contributed by atoms with Gasteiger partial charge < -0.3 is 10.6 Å². The van der Waals surface area contributed by atoms with Crippen LogP contribution in [0.3, 0.4) is 0 Å². The molecule has 2 rings (SSSR count). The van der Waals surface area contributed by atoms with Crippen molar-refractivity contribution in [2.75, 3.05) is 6.54 Å². The molecule has 1 fully saturated rings. The van der Waals surface area contributed by atoms with Gasteiger partial charge in [0, 0.05) is 12.7 Å². The van der Waals surface area contributed by atoms with E-state index in [1.807, 2.05) is 6.07 Å². The molecule has 0 aromatic carbocycles. The van der Waals surface area contributed by atoms with Crippen molar-refractivity contribution in [2.24, 2.45) is 0 Å². The van der Waals surface area contributed by atoms with E-state index in [9.17, 15) is 9.59 Å². The number of amides is 2. The smallest absolute Gasteiger partial charge is 0.270 e. The Bertz CT molecular complexity index is 504. The summed E-state index contributed by atoms with van der Waals surface area (Å²) in [5.74, 6) is -0.565. The van der Waals surface area contributed by atoms with Crippen molar-refractivity contribution in [3.63, 3.8) is 0 Å². The number of hydrogen-bond donors (Lipinski definition) is 2. The van der Waals surface area contributed by atoms with Crippen LogP contribution in [0.25, 0.3) is 0 Å². The molecule has 92 valence electrons. The maximum atomic E-state index is 11.8. The third-order valence-electron chi connectivity index (χ3n) is 2.72. The SMILES string of the molecule is N#Cc1ccc(C(=O)NC2CCCNC2=O)nc1. The van der Waals surface area contributed by atoms with Gasteiger partial charge in [0.15, 0.2) is 0 Å². The first-order valence-electron chi connectivity index (χ1n) is 5.65. The van der Waals surface area contributed by atoms with Gasteiger partial charge in [0.05, 0.1) is 5.56 Å². The number of piperidine rings is 1. The van der Waals surface area contributed by atoms with Crippen LogP contribution in [0.1, 0.15) is 28.9 Å². The lowest BCUT2D eigenvalue weighted by atomic mass is 10.1. The number of nitriles is 1. The first kappa shape index (κ1) is 12.0. The van der Waals surface area contributed by atoms with Crippen molar-refractivity contribution >= 4 is 11.8 Å². The average molecular weight is 244 g/mol. The van der Waals surface area contributed by atoms with Crippen molar-refractivity contribution in [3.8, 4) is 6.07 Å². The van der Waals surface area contributed by atoms with Crippen molar-refractivity contribution in [1.29, 1.82) is 5.26 Å². The molecule has 0 aliphatic carbocycles. The number of carbonyl (C=O) groups is 2. The molecular weight excluding hydrogens is 232 g/mol. The van der Waals surface area contributed by atoms with Gasteiger partial charge in [0.25, 0.3) is 5.91 Å². The second-order valence-corrected chi connectivity index (χ2v) is 4.00. The van der Waals surface area contributed by atoms with Crippen LogP contribution in [0.15, 0.2) is 18.3 Å². The van der Waals surface area contributed by atoms with Gasteiger partial charge in [0.1, 0.15) is 17.8 Å². The zero-order valence-electron chi connectivity index (χ0n) is 9.64. The van der Waals surface area contributed by atoms with E-state index in [4.69, 9.17) is 5.26 Å². The highest BCUT2D eigenvalue weighted by Crippen LogP contribution is 2.05. The van der Waals surface area contributed by atoms with E-state index < -0.39 is 11.9 Å². The van der Waals surface area contributed by atoms with Gasteiger partial charge in [0.2, 0.25) is 5.91 Å². The number of hydrogen-bond acceptors (Lipinski definition) is 4. The third kappa shape index (κ3) is 2.63. The van der Waals surface area contributed by atoms with Crippen LogP contribution in [-0.2, 0) is 4.79 Å². The fourth-order valence-electron chi connectivity index (χ4n) is 1.74. The third-order valence-corrected chi connectivity index (χ3v) is 2.72. The van der Waals surface area contributed by atoms with E-state index in [2.05, 4.69) is 15.6 Å². The molecule has 1 aliphatic rings. The minimum absolute atomic E-state index is 0.164. The predicted molar refractivity (Wildman–Crippen MR) is 62.4 cm³/mol. The second-order valence-electron chi connectivity index (χ2n) is 4.00. The zero-order chi connectivity index (χ0) is 13.0. The Labute approximate surface area is 104 Å². The molecule has 6 heteroatoms. The summed E-state index contributed by atoms with van der Waals surface area (Å²) in [4.78, 5) is 27.2. The molecule has 0 saturated carbocycles.